The van der Waals surface area contributed by atoms with Gasteiger partial charge in [-0.3, -0.25) is 4.79 Å². The van der Waals surface area contributed by atoms with E-state index in [1.165, 1.54) is 5.56 Å². The van der Waals surface area contributed by atoms with Crippen LogP contribution in [-0.4, -0.2) is 18.0 Å². The molecular weight excluding hydrogens is 364 g/mol. The van der Waals surface area contributed by atoms with E-state index in [0.717, 1.165) is 22.3 Å². The lowest BCUT2D eigenvalue weighted by molar-refractivity contribution is 0.102. The second-order valence-corrected chi connectivity index (χ2v) is 6.89. The summed E-state index contributed by atoms with van der Waals surface area (Å²) in [5.74, 6) is 1.93. The summed E-state index contributed by atoms with van der Waals surface area (Å²) < 4.78 is 11.2. The number of methoxy groups -OCH3 is 1. The molecule has 5 heteroatoms. The van der Waals surface area contributed by atoms with Gasteiger partial charge in [-0.15, -0.1) is 0 Å². The van der Waals surface area contributed by atoms with Gasteiger partial charge >= 0.3 is 0 Å². The lowest BCUT2D eigenvalue weighted by Gasteiger charge is -2.09. The van der Waals surface area contributed by atoms with E-state index in [0.29, 0.717) is 22.7 Å². The third kappa shape index (κ3) is 3.94. The molecule has 0 spiro atoms. The standard InChI is InChI=1S/C24H22N2O3/c1-15-16(2)25-23-12-11-21(14-22(15)23)29-19-9-7-17(8-10-19)24(27)26-18-5-4-6-20(13-18)28-3/h4-14,25H,1-3H3,(H,26,27). The number of H-pyrrole nitrogens is 1. The van der Waals surface area contributed by atoms with E-state index in [4.69, 9.17) is 9.47 Å². The molecule has 1 aromatic heterocycles. The molecule has 0 aliphatic rings. The van der Waals surface area contributed by atoms with Gasteiger partial charge in [-0.25, -0.2) is 0 Å². The molecule has 2 N–H and O–H groups in total. The number of carbonyl (C=O) groups is 1. The highest BCUT2D eigenvalue weighted by Crippen LogP contribution is 2.29. The molecular formula is C24H22N2O3. The molecule has 0 radical (unpaired) electrons. The largest absolute Gasteiger partial charge is 0.497 e. The number of aromatic nitrogens is 1. The lowest BCUT2D eigenvalue weighted by Crippen LogP contribution is -2.11. The Balaban J connectivity index is 1.47. The van der Waals surface area contributed by atoms with Crippen LogP contribution in [0, 0.1) is 13.8 Å². The van der Waals surface area contributed by atoms with Crippen molar-refractivity contribution in [2.45, 2.75) is 13.8 Å². The van der Waals surface area contributed by atoms with Crippen molar-refractivity contribution in [3.63, 3.8) is 0 Å². The minimum atomic E-state index is -0.190. The van der Waals surface area contributed by atoms with Gasteiger partial charge in [-0.05, 0) is 74.0 Å². The first-order valence-electron chi connectivity index (χ1n) is 9.36. The minimum absolute atomic E-state index is 0.190. The van der Waals surface area contributed by atoms with Crippen LogP contribution >= 0.6 is 0 Å². The molecule has 5 nitrogen and oxygen atoms in total. The summed E-state index contributed by atoms with van der Waals surface area (Å²) >= 11 is 0. The molecule has 0 atom stereocenters. The fourth-order valence-corrected chi connectivity index (χ4v) is 3.22. The topological polar surface area (TPSA) is 63.4 Å². The minimum Gasteiger partial charge on any atom is -0.497 e. The van der Waals surface area contributed by atoms with Crippen LogP contribution in [0.3, 0.4) is 0 Å². The summed E-state index contributed by atoms with van der Waals surface area (Å²) in [6, 6.07) is 20.3. The van der Waals surface area contributed by atoms with Crippen LogP contribution in [0.25, 0.3) is 10.9 Å². The molecule has 1 amide bonds. The highest BCUT2D eigenvalue weighted by Gasteiger charge is 2.09. The van der Waals surface area contributed by atoms with Crippen molar-refractivity contribution in [1.82, 2.24) is 4.98 Å². The molecule has 0 unspecified atom stereocenters. The number of hydrogen-bond acceptors (Lipinski definition) is 3. The van der Waals surface area contributed by atoms with E-state index in [1.807, 2.05) is 36.4 Å². The quantitative estimate of drug-likeness (QED) is 0.453. The molecule has 0 aliphatic heterocycles. The van der Waals surface area contributed by atoms with Crippen LogP contribution in [0.15, 0.2) is 66.7 Å². The Morgan fingerprint density at radius 3 is 2.41 bits per heavy atom. The Hall–Kier alpha value is -3.73. The van der Waals surface area contributed by atoms with Crippen molar-refractivity contribution in [2.75, 3.05) is 12.4 Å². The summed E-state index contributed by atoms with van der Waals surface area (Å²) in [6.45, 7) is 4.15. The summed E-state index contributed by atoms with van der Waals surface area (Å²) in [6.07, 6.45) is 0. The first kappa shape index (κ1) is 18.6. The molecule has 3 aromatic carbocycles. The highest BCUT2D eigenvalue weighted by atomic mass is 16.5. The molecule has 4 rings (SSSR count). The SMILES string of the molecule is COc1cccc(NC(=O)c2ccc(Oc3ccc4[nH]c(C)c(C)c4c3)cc2)c1. The van der Waals surface area contributed by atoms with Crippen LogP contribution in [0.2, 0.25) is 0 Å². The highest BCUT2D eigenvalue weighted by molar-refractivity contribution is 6.04. The van der Waals surface area contributed by atoms with Gasteiger partial charge in [0.15, 0.2) is 0 Å². The Bertz CT molecular complexity index is 1180. The average molecular weight is 386 g/mol. The monoisotopic (exact) mass is 386 g/mol. The lowest BCUT2D eigenvalue weighted by atomic mass is 10.1. The Kier molecular flexibility index (Phi) is 4.96. The van der Waals surface area contributed by atoms with E-state index >= 15 is 0 Å². The first-order valence-corrected chi connectivity index (χ1v) is 9.36. The van der Waals surface area contributed by atoms with Crippen molar-refractivity contribution in [3.05, 3.63) is 83.6 Å². The number of hydrogen-bond donors (Lipinski definition) is 2. The maximum Gasteiger partial charge on any atom is 0.255 e. The number of carbonyl (C=O) groups excluding carboxylic acids is 1. The number of nitrogens with one attached hydrogen (secondary N) is 2. The number of fused-ring (bicyclic) bond motifs is 1. The zero-order valence-corrected chi connectivity index (χ0v) is 16.6. The summed E-state index contributed by atoms with van der Waals surface area (Å²) in [7, 11) is 1.59. The van der Waals surface area contributed by atoms with Gasteiger partial charge in [0.2, 0.25) is 0 Å². The Morgan fingerprint density at radius 1 is 0.897 bits per heavy atom. The average Bonchev–Trinajstić information content (AvgIpc) is 3.02. The van der Waals surface area contributed by atoms with Crippen molar-refractivity contribution < 1.29 is 14.3 Å². The van der Waals surface area contributed by atoms with E-state index in [-0.39, 0.29) is 5.91 Å². The number of rotatable bonds is 5. The number of aryl methyl sites for hydroxylation is 2. The Morgan fingerprint density at radius 2 is 1.66 bits per heavy atom. The summed E-state index contributed by atoms with van der Waals surface area (Å²) in [5.41, 5.74) is 4.70. The van der Waals surface area contributed by atoms with Crippen LogP contribution in [-0.2, 0) is 0 Å². The van der Waals surface area contributed by atoms with Gasteiger partial charge in [0.25, 0.3) is 5.91 Å². The van der Waals surface area contributed by atoms with Crippen LogP contribution in [0.1, 0.15) is 21.6 Å². The van der Waals surface area contributed by atoms with Crippen LogP contribution in [0.4, 0.5) is 5.69 Å². The molecule has 4 aromatic rings. The number of amides is 1. The van der Waals surface area contributed by atoms with Gasteiger partial charge in [0, 0.05) is 33.9 Å². The van der Waals surface area contributed by atoms with E-state index in [9.17, 15) is 4.79 Å². The van der Waals surface area contributed by atoms with E-state index in [1.54, 1.807) is 37.4 Å². The van der Waals surface area contributed by atoms with Crippen molar-refractivity contribution >= 4 is 22.5 Å². The van der Waals surface area contributed by atoms with Gasteiger partial charge in [0.05, 0.1) is 7.11 Å². The zero-order chi connectivity index (χ0) is 20.4. The molecule has 146 valence electrons. The number of anilines is 1. The third-order valence-corrected chi connectivity index (χ3v) is 4.96. The Labute approximate surface area is 169 Å². The third-order valence-electron chi connectivity index (χ3n) is 4.96. The van der Waals surface area contributed by atoms with Crippen molar-refractivity contribution in [2.24, 2.45) is 0 Å². The van der Waals surface area contributed by atoms with Crippen LogP contribution in [0.5, 0.6) is 17.2 Å². The van der Waals surface area contributed by atoms with E-state index in [2.05, 4.69) is 24.1 Å². The molecule has 0 fully saturated rings. The zero-order valence-electron chi connectivity index (χ0n) is 16.6. The maximum atomic E-state index is 12.5. The fraction of sp³-hybridized carbons (Fsp3) is 0.125. The first-order chi connectivity index (χ1) is 14.0. The maximum absolute atomic E-state index is 12.5. The smallest absolute Gasteiger partial charge is 0.255 e. The predicted octanol–water partition coefficient (Wildman–Crippen LogP) is 5.84. The van der Waals surface area contributed by atoms with Gasteiger partial charge in [-0.1, -0.05) is 6.07 Å². The van der Waals surface area contributed by atoms with Crippen molar-refractivity contribution in [3.8, 4) is 17.2 Å². The number of benzene rings is 3. The second-order valence-electron chi connectivity index (χ2n) is 6.89. The molecule has 29 heavy (non-hydrogen) atoms. The van der Waals surface area contributed by atoms with Gasteiger partial charge in [0.1, 0.15) is 17.2 Å². The predicted molar refractivity (Wildman–Crippen MR) is 115 cm³/mol. The summed E-state index contributed by atoms with van der Waals surface area (Å²) in [4.78, 5) is 15.8. The number of ether oxygens (including phenoxy) is 2. The second kappa shape index (κ2) is 7.72. The fourth-order valence-electron chi connectivity index (χ4n) is 3.22. The molecule has 0 aliphatic carbocycles. The molecule has 0 saturated carbocycles. The van der Waals surface area contributed by atoms with E-state index < -0.39 is 0 Å². The summed E-state index contributed by atoms with van der Waals surface area (Å²) in [5, 5.41) is 4.02. The van der Waals surface area contributed by atoms with Gasteiger partial charge in [-0.2, -0.15) is 0 Å². The molecule has 0 bridgehead atoms. The molecule has 1 heterocycles. The number of aromatic amines is 1. The normalized spacial score (nSPS) is 10.7. The molecule has 0 saturated heterocycles. The van der Waals surface area contributed by atoms with Crippen molar-refractivity contribution in [1.29, 1.82) is 0 Å². The van der Waals surface area contributed by atoms with Gasteiger partial charge < -0.3 is 19.8 Å². The van der Waals surface area contributed by atoms with Crippen LogP contribution < -0.4 is 14.8 Å².